The van der Waals surface area contributed by atoms with Crippen molar-refractivity contribution >= 4 is 40.1 Å². The van der Waals surface area contributed by atoms with Crippen LogP contribution in [0.15, 0.2) is 42.8 Å². The number of imidazole rings is 1. The van der Waals surface area contributed by atoms with Crippen molar-refractivity contribution in [2.75, 3.05) is 18.5 Å². The number of nitrogens with one attached hydrogen (secondary N) is 3. The van der Waals surface area contributed by atoms with Gasteiger partial charge in [0.25, 0.3) is 0 Å². The molecule has 0 amide bonds. The number of aryl methyl sites for hydroxylation is 1. The molecule has 0 aromatic carbocycles. The van der Waals surface area contributed by atoms with Gasteiger partial charge in [-0.1, -0.05) is 18.5 Å². The first-order valence-corrected chi connectivity index (χ1v) is 11.8. The fourth-order valence-corrected chi connectivity index (χ4v) is 4.28. The molecule has 0 aliphatic carbocycles. The highest BCUT2D eigenvalue weighted by Crippen LogP contribution is 2.36. The van der Waals surface area contributed by atoms with Crippen molar-refractivity contribution < 1.29 is 9.47 Å². The molecule has 1 fully saturated rings. The number of ether oxygens (including phenoxy) is 2. The summed E-state index contributed by atoms with van der Waals surface area (Å²) in [5, 5.41) is 19.6. The lowest BCUT2D eigenvalue weighted by Gasteiger charge is -2.25. The van der Waals surface area contributed by atoms with Gasteiger partial charge in [0.15, 0.2) is 17.1 Å². The molecule has 182 valence electrons. The van der Waals surface area contributed by atoms with Crippen molar-refractivity contribution in [2.24, 2.45) is 7.05 Å². The SMILES string of the molecule is CC/C(=C/C(=N)Nc1nc2ncc(Oc3cnn4ccncc34)c(Cl)c2n1C)NC1CCOCC1. The smallest absolute Gasteiger partial charge is 0.210 e. The molecule has 0 radical (unpaired) electrons. The molecule has 3 N–H and O–H groups in total. The number of hydrogen-bond acceptors (Lipinski definition) is 8. The third-order valence-electron chi connectivity index (χ3n) is 5.87. The van der Waals surface area contributed by atoms with Crippen LogP contribution in [0.5, 0.6) is 11.5 Å². The van der Waals surface area contributed by atoms with Gasteiger partial charge < -0.3 is 24.7 Å². The Hall–Kier alpha value is -3.70. The minimum atomic E-state index is 0.214. The Bertz CT molecular complexity index is 1410. The van der Waals surface area contributed by atoms with Gasteiger partial charge in [0.1, 0.15) is 21.9 Å². The highest BCUT2D eigenvalue weighted by Gasteiger charge is 2.19. The van der Waals surface area contributed by atoms with Crippen LogP contribution in [0, 0.1) is 5.41 Å². The zero-order chi connectivity index (χ0) is 24.4. The van der Waals surface area contributed by atoms with E-state index in [2.05, 4.69) is 37.6 Å². The van der Waals surface area contributed by atoms with Gasteiger partial charge in [0.2, 0.25) is 5.95 Å². The number of anilines is 1. The molecule has 1 aliphatic rings. The Morgan fingerprint density at radius 2 is 2.11 bits per heavy atom. The topological polar surface area (TPSA) is 127 Å². The van der Waals surface area contributed by atoms with Crippen LogP contribution in [-0.4, -0.2) is 54.2 Å². The van der Waals surface area contributed by atoms with Crippen LogP contribution in [0.25, 0.3) is 16.7 Å². The summed E-state index contributed by atoms with van der Waals surface area (Å²) in [6.45, 7) is 3.59. The van der Waals surface area contributed by atoms with Gasteiger partial charge in [-0.2, -0.15) is 10.1 Å². The maximum atomic E-state index is 8.45. The summed E-state index contributed by atoms with van der Waals surface area (Å²) < 4.78 is 14.9. The van der Waals surface area contributed by atoms with Crippen LogP contribution < -0.4 is 15.4 Å². The third-order valence-corrected chi connectivity index (χ3v) is 6.24. The Labute approximate surface area is 206 Å². The molecular formula is C23H26ClN9O2. The largest absolute Gasteiger partial charge is 0.450 e. The van der Waals surface area contributed by atoms with E-state index >= 15 is 0 Å². The van der Waals surface area contributed by atoms with Gasteiger partial charge in [0.05, 0.1) is 18.6 Å². The Morgan fingerprint density at radius 1 is 1.29 bits per heavy atom. The summed E-state index contributed by atoms with van der Waals surface area (Å²) >= 11 is 6.70. The van der Waals surface area contributed by atoms with Gasteiger partial charge >= 0.3 is 0 Å². The average molecular weight is 496 g/mol. The van der Waals surface area contributed by atoms with Crippen LogP contribution >= 0.6 is 11.6 Å². The van der Waals surface area contributed by atoms with Crippen LogP contribution in [-0.2, 0) is 11.8 Å². The summed E-state index contributed by atoms with van der Waals surface area (Å²) in [5.74, 6) is 1.55. The quantitative estimate of drug-likeness (QED) is 0.260. The summed E-state index contributed by atoms with van der Waals surface area (Å²) in [7, 11) is 1.81. The fourth-order valence-electron chi connectivity index (χ4n) is 3.99. The second kappa shape index (κ2) is 9.88. The maximum Gasteiger partial charge on any atom is 0.210 e. The van der Waals surface area contributed by atoms with Gasteiger partial charge in [0, 0.05) is 44.4 Å². The number of nitrogens with zero attached hydrogens (tertiary/aromatic N) is 6. The first kappa shape index (κ1) is 23.1. The standard InChI is InChI=1S/C23H26ClN9O2/c1-3-14(29-15-4-8-34-9-5-15)10-19(25)30-23-31-22-21(32(23)2)20(24)18(12-27-22)35-17-13-28-33-7-6-26-11-16(17)33/h6-7,10-13,15,29H,3-5,8-9H2,1-2H3,(H2,25,27,30,31)/b14-10-. The third kappa shape index (κ3) is 4.77. The van der Waals surface area contributed by atoms with Crippen molar-refractivity contribution in [3.63, 3.8) is 0 Å². The summed E-state index contributed by atoms with van der Waals surface area (Å²) in [6, 6.07) is 0.365. The predicted molar refractivity (Wildman–Crippen MR) is 133 cm³/mol. The first-order chi connectivity index (χ1) is 17.0. The Morgan fingerprint density at radius 3 is 2.91 bits per heavy atom. The van der Waals surface area contributed by atoms with E-state index in [0.29, 0.717) is 45.2 Å². The average Bonchev–Trinajstić information content (AvgIpc) is 3.42. The van der Waals surface area contributed by atoms with Gasteiger partial charge in [-0.05, 0) is 25.3 Å². The van der Waals surface area contributed by atoms with Gasteiger partial charge in [-0.25, -0.2) is 9.50 Å². The van der Waals surface area contributed by atoms with E-state index in [9.17, 15) is 0 Å². The highest BCUT2D eigenvalue weighted by molar-refractivity contribution is 6.36. The lowest BCUT2D eigenvalue weighted by atomic mass is 10.1. The molecule has 4 aromatic rings. The second-order valence-electron chi connectivity index (χ2n) is 8.21. The molecule has 5 heterocycles. The molecule has 12 heteroatoms. The van der Waals surface area contributed by atoms with E-state index in [1.54, 1.807) is 39.9 Å². The Kier molecular flexibility index (Phi) is 6.51. The van der Waals surface area contributed by atoms with Crippen molar-refractivity contribution in [1.29, 1.82) is 5.41 Å². The van der Waals surface area contributed by atoms with Crippen molar-refractivity contribution in [3.05, 3.63) is 47.8 Å². The van der Waals surface area contributed by atoms with E-state index in [0.717, 1.165) is 38.2 Å². The van der Waals surface area contributed by atoms with Gasteiger partial charge in [-0.15, -0.1) is 0 Å². The maximum absolute atomic E-state index is 8.45. The van der Waals surface area contributed by atoms with Crippen molar-refractivity contribution in [3.8, 4) is 11.5 Å². The minimum absolute atomic E-state index is 0.214. The zero-order valence-electron chi connectivity index (χ0n) is 19.5. The monoisotopic (exact) mass is 495 g/mol. The number of amidine groups is 1. The van der Waals surface area contributed by atoms with Gasteiger partial charge in [-0.3, -0.25) is 10.4 Å². The second-order valence-corrected chi connectivity index (χ2v) is 8.59. The van der Waals surface area contributed by atoms with Crippen molar-refractivity contribution in [1.82, 2.24) is 34.4 Å². The normalized spacial score (nSPS) is 15.0. The molecule has 0 saturated carbocycles. The molecule has 0 bridgehead atoms. The number of rotatable bonds is 7. The molecule has 0 atom stereocenters. The highest BCUT2D eigenvalue weighted by atomic mass is 35.5. The van der Waals surface area contributed by atoms with Crippen LogP contribution in [0.3, 0.4) is 0 Å². The lowest BCUT2D eigenvalue weighted by molar-refractivity contribution is 0.0802. The predicted octanol–water partition coefficient (Wildman–Crippen LogP) is 3.91. The van der Waals surface area contributed by atoms with E-state index in [1.807, 2.05) is 7.05 Å². The van der Waals surface area contributed by atoms with Crippen LogP contribution in [0.2, 0.25) is 5.02 Å². The van der Waals surface area contributed by atoms with Crippen LogP contribution in [0.1, 0.15) is 26.2 Å². The molecule has 0 spiro atoms. The number of pyridine rings is 1. The number of allylic oxidation sites excluding steroid dienone is 1. The van der Waals surface area contributed by atoms with E-state index in [-0.39, 0.29) is 5.84 Å². The fraction of sp³-hybridized carbons (Fsp3) is 0.348. The molecular weight excluding hydrogens is 470 g/mol. The van der Waals surface area contributed by atoms with Crippen LogP contribution in [0.4, 0.5) is 5.95 Å². The van der Waals surface area contributed by atoms with E-state index < -0.39 is 0 Å². The van der Waals surface area contributed by atoms with E-state index in [1.165, 1.54) is 6.20 Å². The molecule has 35 heavy (non-hydrogen) atoms. The number of hydrogen-bond donors (Lipinski definition) is 3. The molecule has 1 aliphatic heterocycles. The summed E-state index contributed by atoms with van der Waals surface area (Å²) in [5.41, 5.74) is 2.73. The molecule has 5 rings (SSSR count). The molecule has 11 nitrogen and oxygen atoms in total. The van der Waals surface area contributed by atoms with E-state index in [4.69, 9.17) is 26.5 Å². The number of fused-ring (bicyclic) bond motifs is 2. The van der Waals surface area contributed by atoms with Crippen molar-refractivity contribution in [2.45, 2.75) is 32.2 Å². The number of halogens is 1. The first-order valence-electron chi connectivity index (χ1n) is 11.4. The zero-order valence-corrected chi connectivity index (χ0v) is 20.2. The summed E-state index contributed by atoms with van der Waals surface area (Å²) in [6.07, 6.45) is 12.7. The molecule has 0 unspecified atom stereocenters. The minimum Gasteiger partial charge on any atom is -0.450 e. The lowest BCUT2D eigenvalue weighted by Crippen LogP contribution is -2.34. The number of aromatic nitrogens is 6. The Balaban J connectivity index is 1.36. The summed E-state index contributed by atoms with van der Waals surface area (Å²) in [4.78, 5) is 13.0. The molecule has 1 saturated heterocycles. The molecule has 4 aromatic heterocycles.